The van der Waals surface area contributed by atoms with E-state index in [1.165, 1.54) is 12.2 Å². The molecule has 1 heterocycles. The molecule has 1 aromatic rings. The molecular formula is C13H26N6S. The van der Waals surface area contributed by atoms with Crippen LogP contribution in [-0.4, -0.2) is 45.8 Å². The van der Waals surface area contributed by atoms with E-state index in [2.05, 4.69) is 39.0 Å². The number of nitrogens with zero attached hydrogens (tertiary/aromatic N) is 4. The number of guanidine groups is 1. The Morgan fingerprint density at radius 1 is 1.30 bits per heavy atom. The Bertz CT molecular complexity index is 415. The van der Waals surface area contributed by atoms with Crippen molar-refractivity contribution in [3.63, 3.8) is 0 Å². The van der Waals surface area contributed by atoms with Crippen LogP contribution in [0.3, 0.4) is 0 Å². The van der Waals surface area contributed by atoms with E-state index in [4.69, 9.17) is 0 Å². The van der Waals surface area contributed by atoms with E-state index in [1.54, 1.807) is 0 Å². The van der Waals surface area contributed by atoms with Crippen molar-refractivity contribution in [3.8, 4) is 0 Å². The molecule has 0 unspecified atom stereocenters. The molecule has 0 bridgehead atoms. The highest BCUT2D eigenvalue weighted by atomic mass is 32.2. The summed E-state index contributed by atoms with van der Waals surface area (Å²) in [5, 5.41) is 14.7. The van der Waals surface area contributed by atoms with Crippen LogP contribution < -0.4 is 10.6 Å². The number of rotatable bonds is 8. The lowest BCUT2D eigenvalue weighted by molar-refractivity contribution is 0.724. The van der Waals surface area contributed by atoms with Gasteiger partial charge in [-0.25, -0.2) is 4.99 Å². The molecule has 0 aliphatic rings. The standard InChI is InChI=1S/C13H26N6S/c1-5-14-13(15-8-6-7-9-20-4)16-10-12-18-17-11(2)19(12)3/h5-10H2,1-4H3,(H2,14,15,16). The number of aliphatic imine (C=N–C) groups is 1. The van der Waals surface area contributed by atoms with Crippen molar-refractivity contribution >= 4 is 17.7 Å². The zero-order valence-corrected chi connectivity index (χ0v) is 13.8. The van der Waals surface area contributed by atoms with Crippen molar-refractivity contribution in [1.29, 1.82) is 0 Å². The van der Waals surface area contributed by atoms with E-state index >= 15 is 0 Å². The number of hydrogen-bond donors (Lipinski definition) is 2. The summed E-state index contributed by atoms with van der Waals surface area (Å²) >= 11 is 1.89. The van der Waals surface area contributed by atoms with Crippen LogP contribution in [0.25, 0.3) is 0 Å². The largest absolute Gasteiger partial charge is 0.357 e. The fourth-order valence-corrected chi connectivity index (χ4v) is 2.15. The third kappa shape index (κ3) is 5.81. The van der Waals surface area contributed by atoms with Crippen LogP contribution in [0.4, 0.5) is 0 Å². The van der Waals surface area contributed by atoms with Gasteiger partial charge in [-0.05, 0) is 38.7 Å². The highest BCUT2D eigenvalue weighted by Crippen LogP contribution is 2.00. The van der Waals surface area contributed by atoms with Gasteiger partial charge in [-0.15, -0.1) is 10.2 Å². The molecular weight excluding hydrogens is 272 g/mol. The Kier molecular flexibility index (Phi) is 8.10. The second-order valence-electron chi connectivity index (χ2n) is 4.54. The van der Waals surface area contributed by atoms with Gasteiger partial charge in [-0.2, -0.15) is 11.8 Å². The molecule has 20 heavy (non-hydrogen) atoms. The zero-order chi connectivity index (χ0) is 14.8. The maximum absolute atomic E-state index is 4.54. The van der Waals surface area contributed by atoms with Gasteiger partial charge in [-0.1, -0.05) is 0 Å². The number of aryl methyl sites for hydroxylation is 1. The highest BCUT2D eigenvalue weighted by molar-refractivity contribution is 7.98. The van der Waals surface area contributed by atoms with Crippen LogP contribution >= 0.6 is 11.8 Å². The maximum atomic E-state index is 4.54. The summed E-state index contributed by atoms with van der Waals surface area (Å²) in [7, 11) is 1.96. The van der Waals surface area contributed by atoms with Crippen LogP contribution in [0, 0.1) is 6.92 Å². The van der Waals surface area contributed by atoms with Crippen molar-refractivity contribution in [1.82, 2.24) is 25.4 Å². The Morgan fingerprint density at radius 2 is 2.10 bits per heavy atom. The smallest absolute Gasteiger partial charge is 0.191 e. The normalized spacial score (nSPS) is 11.7. The Morgan fingerprint density at radius 3 is 2.70 bits per heavy atom. The van der Waals surface area contributed by atoms with Gasteiger partial charge in [0, 0.05) is 20.1 Å². The molecule has 0 amide bonds. The van der Waals surface area contributed by atoms with E-state index in [-0.39, 0.29) is 0 Å². The minimum atomic E-state index is 0.539. The van der Waals surface area contributed by atoms with Gasteiger partial charge in [0.2, 0.25) is 0 Å². The van der Waals surface area contributed by atoms with Crippen molar-refractivity contribution < 1.29 is 0 Å². The molecule has 0 atom stereocenters. The Hall–Kier alpha value is -1.24. The zero-order valence-electron chi connectivity index (χ0n) is 12.9. The van der Waals surface area contributed by atoms with Crippen LogP contribution in [0.15, 0.2) is 4.99 Å². The summed E-state index contributed by atoms with van der Waals surface area (Å²) in [4.78, 5) is 4.54. The first kappa shape index (κ1) is 16.8. The topological polar surface area (TPSA) is 67.1 Å². The quantitative estimate of drug-likeness (QED) is 0.430. The van der Waals surface area contributed by atoms with E-state index in [9.17, 15) is 0 Å². The molecule has 7 heteroatoms. The molecule has 2 N–H and O–H groups in total. The van der Waals surface area contributed by atoms with Crippen molar-refractivity contribution in [2.75, 3.05) is 25.1 Å². The third-order valence-corrected chi connectivity index (χ3v) is 3.67. The monoisotopic (exact) mass is 298 g/mol. The highest BCUT2D eigenvalue weighted by Gasteiger charge is 2.04. The molecule has 0 fully saturated rings. The van der Waals surface area contributed by atoms with E-state index in [0.29, 0.717) is 6.54 Å². The second-order valence-corrected chi connectivity index (χ2v) is 5.53. The molecule has 0 saturated carbocycles. The number of nitrogens with one attached hydrogen (secondary N) is 2. The Balaban J connectivity index is 2.44. The number of aromatic nitrogens is 3. The minimum absolute atomic E-state index is 0.539. The van der Waals surface area contributed by atoms with Crippen LogP contribution in [0.5, 0.6) is 0 Å². The summed E-state index contributed by atoms with van der Waals surface area (Å²) in [5.41, 5.74) is 0. The molecule has 0 aliphatic heterocycles. The molecule has 6 nitrogen and oxygen atoms in total. The molecule has 114 valence electrons. The third-order valence-electron chi connectivity index (χ3n) is 2.97. The van der Waals surface area contributed by atoms with Crippen LogP contribution in [0.2, 0.25) is 0 Å². The molecule has 0 aromatic carbocycles. The average molecular weight is 298 g/mol. The van der Waals surface area contributed by atoms with Gasteiger partial charge in [0.25, 0.3) is 0 Å². The summed E-state index contributed by atoms with van der Waals surface area (Å²) in [6.07, 6.45) is 4.53. The van der Waals surface area contributed by atoms with Gasteiger partial charge in [0.15, 0.2) is 11.8 Å². The lowest BCUT2D eigenvalue weighted by atomic mass is 10.3. The first-order valence-electron chi connectivity index (χ1n) is 7.05. The average Bonchev–Trinajstić information content (AvgIpc) is 2.76. The second kappa shape index (κ2) is 9.63. The molecule has 1 rings (SSSR count). The van der Waals surface area contributed by atoms with Gasteiger partial charge in [0.05, 0.1) is 0 Å². The molecule has 0 saturated heterocycles. The van der Waals surface area contributed by atoms with Crippen LogP contribution in [-0.2, 0) is 13.6 Å². The first-order valence-corrected chi connectivity index (χ1v) is 8.44. The molecule has 0 aliphatic carbocycles. The molecule has 0 spiro atoms. The summed E-state index contributed by atoms with van der Waals surface area (Å²) < 4.78 is 1.96. The van der Waals surface area contributed by atoms with Gasteiger partial charge in [-0.3, -0.25) is 0 Å². The van der Waals surface area contributed by atoms with Gasteiger partial charge >= 0.3 is 0 Å². The number of unbranched alkanes of at least 4 members (excludes halogenated alkanes) is 1. The Labute approximate surface area is 125 Å². The van der Waals surface area contributed by atoms with Gasteiger partial charge in [0.1, 0.15) is 12.4 Å². The van der Waals surface area contributed by atoms with E-state index in [0.717, 1.165) is 37.1 Å². The maximum Gasteiger partial charge on any atom is 0.191 e. The fraction of sp³-hybridized carbons (Fsp3) is 0.769. The summed E-state index contributed by atoms with van der Waals surface area (Å²) in [6, 6.07) is 0. The van der Waals surface area contributed by atoms with Crippen molar-refractivity contribution in [2.24, 2.45) is 12.0 Å². The first-order chi connectivity index (χ1) is 9.69. The van der Waals surface area contributed by atoms with Crippen molar-refractivity contribution in [2.45, 2.75) is 33.2 Å². The number of thioether (sulfide) groups is 1. The molecule has 0 radical (unpaired) electrons. The predicted octanol–water partition coefficient (Wildman–Crippen LogP) is 1.32. The van der Waals surface area contributed by atoms with Crippen LogP contribution in [0.1, 0.15) is 31.4 Å². The lowest BCUT2D eigenvalue weighted by Gasteiger charge is -2.10. The van der Waals surface area contributed by atoms with Crippen molar-refractivity contribution in [3.05, 3.63) is 11.6 Å². The number of hydrogen-bond acceptors (Lipinski definition) is 4. The van der Waals surface area contributed by atoms with Gasteiger partial charge < -0.3 is 15.2 Å². The minimum Gasteiger partial charge on any atom is -0.357 e. The SMILES string of the molecule is CCNC(=NCc1nnc(C)n1C)NCCCCSC. The lowest BCUT2D eigenvalue weighted by Crippen LogP contribution is -2.37. The predicted molar refractivity (Wildman–Crippen MR) is 86.2 cm³/mol. The van der Waals surface area contributed by atoms with E-state index < -0.39 is 0 Å². The fourth-order valence-electron chi connectivity index (χ4n) is 1.66. The summed E-state index contributed by atoms with van der Waals surface area (Å²) in [6.45, 7) is 6.35. The summed E-state index contributed by atoms with van der Waals surface area (Å²) in [5.74, 6) is 3.85. The van der Waals surface area contributed by atoms with E-state index in [1.807, 2.05) is 30.3 Å². The molecule has 1 aromatic heterocycles.